The van der Waals surface area contributed by atoms with Crippen LogP contribution in [0.15, 0.2) is 61.1 Å². The third kappa shape index (κ3) is 5.17. The molecule has 0 saturated carbocycles. The van der Waals surface area contributed by atoms with Crippen LogP contribution >= 0.6 is 0 Å². The number of carbonyl (C=O) groups excluding carboxylic acids is 1. The Morgan fingerprint density at radius 1 is 1.18 bits per heavy atom. The number of ether oxygens (including phenoxy) is 1. The molecule has 5 rings (SSSR count). The van der Waals surface area contributed by atoms with Crippen LogP contribution < -0.4 is 20.3 Å². The fraction of sp³-hybridized carbons (Fsp3) is 0.207. The summed E-state index contributed by atoms with van der Waals surface area (Å²) in [5.74, 6) is -1.61. The minimum Gasteiger partial charge on any atom is -0.496 e. The third-order valence-corrected chi connectivity index (χ3v) is 6.59. The number of amides is 1. The van der Waals surface area contributed by atoms with Gasteiger partial charge in [0.1, 0.15) is 23.3 Å². The number of nitriles is 1. The minimum absolute atomic E-state index is 0.0242. The van der Waals surface area contributed by atoms with Crippen molar-refractivity contribution in [2.45, 2.75) is 13.0 Å². The lowest BCUT2D eigenvalue weighted by Gasteiger charge is -2.35. The summed E-state index contributed by atoms with van der Waals surface area (Å²) < 4.78 is 36.2. The molecule has 11 heteroatoms. The summed E-state index contributed by atoms with van der Waals surface area (Å²) in [6, 6.07) is 12.5. The molecule has 4 aromatic rings. The monoisotopic (exact) mass is 541 g/mol. The van der Waals surface area contributed by atoms with Crippen LogP contribution in [0.3, 0.4) is 0 Å². The minimum atomic E-state index is -0.628. The topological polar surface area (TPSA) is 116 Å². The average molecular weight is 542 g/mol. The molecule has 0 bridgehead atoms. The second kappa shape index (κ2) is 11.4. The first-order chi connectivity index (χ1) is 19.4. The lowest BCUT2D eigenvalue weighted by Crippen LogP contribution is -2.49. The van der Waals surface area contributed by atoms with Gasteiger partial charge in [0.2, 0.25) is 0 Å². The van der Waals surface area contributed by atoms with Crippen molar-refractivity contribution in [3.8, 4) is 34.3 Å². The molecular weight excluding hydrogens is 516 g/mol. The second-order valence-electron chi connectivity index (χ2n) is 9.19. The van der Waals surface area contributed by atoms with Gasteiger partial charge in [0.25, 0.3) is 5.91 Å². The van der Waals surface area contributed by atoms with Crippen LogP contribution in [0.25, 0.3) is 22.5 Å². The van der Waals surface area contributed by atoms with E-state index in [1.807, 2.05) is 11.8 Å². The molecule has 1 fully saturated rings. The number of hydrogen-bond acceptors (Lipinski definition) is 8. The van der Waals surface area contributed by atoms with Gasteiger partial charge in [0, 0.05) is 55.4 Å². The number of halogens is 2. The van der Waals surface area contributed by atoms with Gasteiger partial charge in [-0.2, -0.15) is 5.26 Å². The summed E-state index contributed by atoms with van der Waals surface area (Å²) in [5, 5.41) is 15.6. The van der Waals surface area contributed by atoms with Crippen LogP contribution in [0.2, 0.25) is 0 Å². The maximum atomic E-state index is 16.3. The van der Waals surface area contributed by atoms with E-state index in [-0.39, 0.29) is 51.4 Å². The first-order valence-electron chi connectivity index (χ1n) is 12.5. The zero-order valence-corrected chi connectivity index (χ0v) is 21.8. The van der Waals surface area contributed by atoms with E-state index in [0.29, 0.717) is 25.2 Å². The maximum absolute atomic E-state index is 16.3. The molecule has 9 nitrogen and oxygen atoms in total. The van der Waals surface area contributed by atoms with E-state index in [4.69, 9.17) is 4.74 Å². The van der Waals surface area contributed by atoms with Gasteiger partial charge in [-0.3, -0.25) is 9.78 Å². The van der Waals surface area contributed by atoms with Gasteiger partial charge < -0.3 is 20.3 Å². The van der Waals surface area contributed by atoms with Crippen molar-refractivity contribution >= 4 is 17.3 Å². The Balaban J connectivity index is 1.55. The average Bonchev–Trinajstić information content (AvgIpc) is 2.97. The zero-order chi connectivity index (χ0) is 28.2. The molecule has 2 aromatic carbocycles. The van der Waals surface area contributed by atoms with Gasteiger partial charge in [-0.05, 0) is 43.3 Å². The summed E-state index contributed by atoms with van der Waals surface area (Å²) >= 11 is 0. The van der Waals surface area contributed by atoms with Crippen molar-refractivity contribution in [3.63, 3.8) is 0 Å². The molecule has 0 spiro atoms. The number of pyridine rings is 1. The summed E-state index contributed by atoms with van der Waals surface area (Å²) in [7, 11) is 1.40. The summed E-state index contributed by atoms with van der Waals surface area (Å²) in [6.45, 7) is 3.61. The molecule has 0 aliphatic carbocycles. The quantitative estimate of drug-likeness (QED) is 0.369. The van der Waals surface area contributed by atoms with Crippen molar-refractivity contribution in [2.75, 3.05) is 37.0 Å². The molecule has 1 amide bonds. The standard InChI is InChI=1S/C29H25F2N7O2/c1-17-16-38(13-12-34-17)27-22(7-6-20(26(27)31)19-8-10-33-15-18(19)14-32)37-29(39)23-9-11-35-28(36-23)25-21(30)4-3-5-24(25)40-2/h3-11,15,17,34H,12-13,16H2,1-2H3,(H,37,39)/t17-/m0/s1. The Kier molecular flexibility index (Phi) is 7.61. The van der Waals surface area contributed by atoms with Crippen molar-refractivity contribution < 1.29 is 18.3 Å². The number of benzene rings is 2. The lowest BCUT2D eigenvalue weighted by atomic mass is 9.99. The van der Waals surface area contributed by atoms with Gasteiger partial charge in [0.15, 0.2) is 11.6 Å². The number of piperazine rings is 1. The van der Waals surface area contributed by atoms with E-state index in [1.54, 1.807) is 18.2 Å². The van der Waals surface area contributed by atoms with E-state index in [1.165, 1.54) is 50.0 Å². The SMILES string of the molecule is COc1cccc(F)c1-c1nccc(C(=O)Nc2ccc(-c3ccncc3C#N)c(F)c2N2CCN[C@@H](C)C2)n1. The Bertz CT molecular complexity index is 1620. The number of hydrogen-bond donors (Lipinski definition) is 2. The van der Waals surface area contributed by atoms with Crippen LogP contribution in [-0.2, 0) is 0 Å². The second-order valence-corrected chi connectivity index (χ2v) is 9.19. The number of rotatable bonds is 6. The van der Waals surface area contributed by atoms with E-state index < -0.39 is 17.5 Å². The number of anilines is 2. The van der Waals surface area contributed by atoms with Gasteiger partial charge >= 0.3 is 0 Å². The van der Waals surface area contributed by atoms with Crippen molar-refractivity contribution in [3.05, 3.63) is 83.9 Å². The fourth-order valence-electron chi connectivity index (χ4n) is 4.72. The van der Waals surface area contributed by atoms with Crippen molar-refractivity contribution in [1.82, 2.24) is 20.3 Å². The van der Waals surface area contributed by atoms with E-state index in [9.17, 15) is 14.4 Å². The Labute approximate surface area is 229 Å². The molecule has 0 unspecified atom stereocenters. The number of nitrogens with zero attached hydrogens (tertiary/aromatic N) is 5. The van der Waals surface area contributed by atoms with Gasteiger partial charge in [0.05, 0.1) is 29.6 Å². The van der Waals surface area contributed by atoms with Crippen LogP contribution in [0.1, 0.15) is 23.0 Å². The van der Waals surface area contributed by atoms with Gasteiger partial charge in [-0.15, -0.1) is 0 Å². The van der Waals surface area contributed by atoms with Gasteiger partial charge in [-0.25, -0.2) is 18.7 Å². The van der Waals surface area contributed by atoms with Crippen LogP contribution in [0.4, 0.5) is 20.2 Å². The Morgan fingerprint density at radius 2 is 2.02 bits per heavy atom. The highest BCUT2D eigenvalue weighted by Crippen LogP contribution is 2.38. The summed E-state index contributed by atoms with van der Waals surface area (Å²) in [6.07, 6.45) is 4.22. The summed E-state index contributed by atoms with van der Waals surface area (Å²) in [5.41, 5.74) is 1.26. The van der Waals surface area contributed by atoms with E-state index >= 15 is 4.39 Å². The Hall–Kier alpha value is -4.95. The first kappa shape index (κ1) is 26.6. The number of nitrogens with one attached hydrogen (secondary N) is 2. The molecule has 202 valence electrons. The first-order valence-corrected chi connectivity index (χ1v) is 12.5. The van der Waals surface area contributed by atoms with E-state index in [0.717, 1.165) is 0 Å². The molecule has 3 heterocycles. The molecule has 1 aliphatic heterocycles. The molecule has 1 atom stereocenters. The van der Waals surface area contributed by atoms with E-state index in [2.05, 4.69) is 31.7 Å². The molecule has 2 aromatic heterocycles. The number of aromatic nitrogens is 3. The molecule has 40 heavy (non-hydrogen) atoms. The predicted molar refractivity (Wildman–Crippen MR) is 146 cm³/mol. The number of methoxy groups -OCH3 is 1. The van der Waals surface area contributed by atoms with Crippen LogP contribution in [-0.4, -0.2) is 53.6 Å². The zero-order valence-electron chi connectivity index (χ0n) is 21.8. The van der Waals surface area contributed by atoms with Crippen LogP contribution in [0, 0.1) is 23.0 Å². The molecular formula is C29H25F2N7O2. The smallest absolute Gasteiger partial charge is 0.274 e. The van der Waals surface area contributed by atoms with Gasteiger partial charge in [-0.1, -0.05) is 6.07 Å². The fourth-order valence-corrected chi connectivity index (χ4v) is 4.72. The predicted octanol–water partition coefficient (Wildman–Crippen LogP) is 4.41. The highest BCUT2D eigenvalue weighted by atomic mass is 19.1. The highest BCUT2D eigenvalue weighted by molar-refractivity contribution is 6.05. The third-order valence-electron chi connectivity index (χ3n) is 6.59. The normalized spacial score (nSPS) is 14.9. The van der Waals surface area contributed by atoms with Crippen molar-refractivity contribution in [1.29, 1.82) is 5.26 Å². The van der Waals surface area contributed by atoms with Crippen molar-refractivity contribution in [2.24, 2.45) is 0 Å². The lowest BCUT2D eigenvalue weighted by molar-refractivity contribution is 0.102. The molecule has 0 radical (unpaired) electrons. The highest BCUT2D eigenvalue weighted by Gasteiger charge is 2.26. The number of carbonyl (C=O) groups is 1. The van der Waals surface area contributed by atoms with Crippen LogP contribution in [0.5, 0.6) is 5.75 Å². The largest absolute Gasteiger partial charge is 0.496 e. The maximum Gasteiger partial charge on any atom is 0.274 e. The summed E-state index contributed by atoms with van der Waals surface area (Å²) in [4.78, 5) is 27.6. The Morgan fingerprint density at radius 3 is 2.80 bits per heavy atom. The molecule has 1 aliphatic rings. The molecule has 1 saturated heterocycles. The molecule has 2 N–H and O–H groups in total.